The summed E-state index contributed by atoms with van der Waals surface area (Å²) >= 11 is 0. The standard InChI is InChI=1S/C24H27F3N6O4/c1-37-14-21(34)30-16-7-9-33(10-8-16)22(35)13-29-12-15-11-17(5-6-18(15)28)31-23(36)19-3-2-4-20(32-19)24(25,26)27/h2-6,11-12,16,28-29H,7-10,13-14H2,1H3,(H,30,34)(H,31,36)/b15-12-,28-18?. The third kappa shape index (κ3) is 8.00. The predicted octanol–water partition coefficient (Wildman–Crippen LogP) is 1.53. The molecule has 37 heavy (non-hydrogen) atoms. The van der Waals surface area contributed by atoms with Gasteiger partial charge in [0.15, 0.2) is 0 Å². The minimum absolute atomic E-state index is 0.0100. The Labute approximate surface area is 211 Å². The first kappa shape index (κ1) is 27.6. The molecule has 2 heterocycles. The maximum atomic E-state index is 12.9. The fourth-order valence-electron chi connectivity index (χ4n) is 3.71. The lowest BCUT2D eigenvalue weighted by Gasteiger charge is -2.32. The molecule has 10 nitrogen and oxygen atoms in total. The van der Waals surface area contributed by atoms with Gasteiger partial charge in [-0.3, -0.25) is 14.4 Å². The quantitative estimate of drug-likeness (QED) is 0.411. The van der Waals surface area contributed by atoms with Crippen LogP contribution in [0.15, 0.2) is 53.9 Å². The van der Waals surface area contributed by atoms with Crippen LogP contribution in [0.25, 0.3) is 0 Å². The molecule has 198 valence electrons. The van der Waals surface area contributed by atoms with Crippen molar-refractivity contribution in [1.29, 1.82) is 5.41 Å². The first-order valence-corrected chi connectivity index (χ1v) is 11.4. The van der Waals surface area contributed by atoms with Crippen molar-refractivity contribution in [3.8, 4) is 0 Å². The van der Waals surface area contributed by atoms with Crippen molar-refractivity contribution in [3.05, 3.63) is 65.3 Å². The number of allylic oxidation sites excluding steroid dienone is 4. The summed E-state index contributed by atoms with van der Waals surface area (Å²) in [5, 5.41) is 16.2. The van der Waals surface area contributed by atoms with Crippen molar-refractivity contribution in [2.75, 3.05) is 33.4 Å². The Bertz CT molecular complexity index is 1140. The number of aromatic nitrogens is 1. The van der Waals surface area contributed by atoms with Gasteiger partial charge in [-0.1, -0.05) is 6.07 Å². The predicted molar refractivity (Wildman–Crippen MR) is 127 cm³/mol. The fourth-order valence-corrected chi connectivity index (χ4v) is 3.71. The van der Waals surface area contributed by atoms with Crippen LogP contribution in [0.3, 0.4) is 0 Å². The van der Waals surface area contributed by atoms with Gasteiger partial charge in [-0.25, -0.2) is 4.98 Å². The van der Waals surface area contributed by atoms with Gasteiger partial charge >= 0.3 is 6.18 Å². The highest BCUT2D eigenvalue weighted by Gasteiger charge is 2.33. The highest BCUT2D eigenvalue weighted by Crippen LogP contribution is 2.27. The van der Waals surface area contributed by atoms with Gasteiger partial charge in [0.1, 0.15) is 18.0 Å². The molecular weight excluding hydrogens is 493 g/mol. The molecule has 0 bridgehead atoms. The van der Waals surface area contributed by atoms with E-state index in [9.17, 15) is 27.6 Å². The van der Waals surface area contributed by atoms with Crippen molar-refractivity contribution in [2.24, 2.45) is 0 Å². The van der Waals surface area contributed by atoms with E-state index in [1.165, 1.54) is 37.6 Å². The second kappa shape index (κ2) is 12.3. The number of methoxy groups -OCH3 is 1. The van der Waals surface area contributed by atoms with E-state index in [2.05, 4.69) is 20.9 Å². The van der Waals surface area contributed by atoms with E-state index in [0.717, 1.165) is 12.1 Å². The number of pyridine rings is 1. The lowest BCUT2D eigenvalue weighted by Crippen LogP contribution is -2.48. The number of hydrogen-bond donors (Lipinski definition) is 4. The first-order valence-electron chi connectivity index (χ1n) is 11.4. The summed E-state index contributed by atoms with van der Waals surface area (Å²) in [5.74, 6) is -1.18. The third-order valence-electron chi connectivity index (χ3n) is 5.58. The topological polar surface area (TPSA) is 137 Å². The second-order valence-electron chi connectivity index (χ2n) is 8.34. The molecule has 1 aliphatic carbocycles. The highest BCUT2D eigenvalue weighted by atomic mass is 19.4. The number of nitrogens with one attached hydrogen (secondary N) is 4. The molecule has 0 radical (unpaired) electrons. The zero-order chi connectivity index (χ0) is 27.0. The molecule has 3 rings (SSSR count). The number of hydrogen-bond acceptors (Lipinski definition) is 7. The number of ether oxygens (including phenoxy) is 1. The summed E-state index contributed by atoms with van der Waals surface area (Å²) in [4.78, 5) is 41.6. The van der Waals surface area contributed by atoms with Crippen LogP contribution in [0, 0.1) is 5.41 Å². The van der Waals surface area contributed by atoms with Gasteiger partial charge in [0.2, 0.25) is 11.8 Å². The molecule has 0 aromatic carbocycles. The van der Waals surface area contributed by atoms with Gasteiger partial charge in [-0.2, -0.15) is 13.2 Å². The molecule has 1 aromatic rings. The summed E-state index contributed by atoms with van der Waals surface area (Å²) in [6.45, 7) is 0.954. The van der Waals surface area contributed by atoms with Gasteiger partial charge in [0.25, 0.3) is 5.91 Å². The van der Waals surface area contributed by atoms with Crippen molar-refractivity contribution >= 4 is 23.4 Å². The van der Waals surface area contributed by atoms with E-state index in [4.69, 9.17) is 10.1 Å². The molecule has 3 amide bonds. The molecule has 0 unspecified atom stereocenters. The summed E-state index contributed by atoms with van der Waals surface area (Å²) in [5.41, 5.74) is -0.854. The first-order chi connectivity index (χ1) is 17.6. The molecule has 1 aromatic heterocycles. The minimum Gasteiger partial charge on any atom is -0.382 e. The Balaban J connectivity index is 1.52. The average molecular weight is 521 g/mol. The number of nitrogens with zero attached hydrogens (tertiary/aromatic N) is 2. The monoisotopic (exact) mass is 520 g/mol. The van der Waals surface area contributed by atoms with E-state index < -0.39 is 23.5 Å². The van der Waals surface area contributed by atoms with Gasteiger partial charge in [0.05, 0.1) is 12.3 Å². The number of likely N-dealkylation sites (tertiary alicyclic amines) is 1. The Hall–Kier alpha value is -4.00. The molecular formula is C24H27F3N6O4. The van der Waals surface area contributed by atoms with Gasteiger partial charge in [-0.05, 0) is 43.2 Å². The van der Waals surface area contributed by atoms with Crippen LogP contribution < -0.4 is 16.0 Å². The zero-order valence-corrected chi connectivity index (χ0v) is 20.0. The molecule has 0 saturated carbocycles. The van der Waals surface area contributed by atoms with Crippen molar-refractivity contribution in [3.63, 3.8) is 0 Å². The smallest absolute Gasteiger partial charge is 0.382 e. The Kier molecular flexibility index (Phi) is 9.17. The number of alkyl halides is 3. The molecule has 1 fully saturated rings. The fraction of sp³-hybridized carbons (Fsp3) is 0.375. The van der Waals surface area contributed by atoms with E-state index in [0.29, 0.717) is 31.5 Å². The number of piperidine rings is 1. The maximum absolute atomic E-state index is 12.9. The Morgan fingerprint density at radius 3 is 2.62 bits per heavy atom. The van der Waals surface area contributed by atoms with Crippen molar-refractivity contribution < 1.29 is 32.3 Å². The van der Waals surface area contributed by atoms with Crippen LogP contribution in [0.4, 0.5) is 13.2 Å². The van der Waals surface area contributed by atoms with E-state index in [1.807, 2.05) is 0 Å². The summed E-state index contributed by atoms with van der Waals surface area (Å²) in [6.07, 6.45) is 2.34. The highest BCUT2D eigenvalue weighted by molar-refractivity contribution is 6.10. The zero-order valence-electron chi connectivity index (χ0n) is 20.0. The van der Waals surface area contributed by atoms with E-state index in [1.54, 1.807) is 4.90 Å². The maximum Gasteiger partial charge on any atom is 0.433 e. The summed E-state index contributed by atoms with van der Waals surface area (Å²) in [7, 11) is 1.44. The number of carbonyl (C=O) groups is 3. The SMILES string of the molecule is COCC(=O)NC1CCN(C(=O)CN/C=C2/C=C(NC(=O)c3cccc(C(F)(F)F)n3)C=CC2=N)CC1. The van der Waals surface area contributed by atoms with Crippen LogP contribution >= 0.6 is 0 Å². The molecule has 0 spiro atoms. The largest absolute Gasteiger partial charge is 0.433 e. The number of halogens is 3. The minimum atomic E-state index is -4.68. The number of amides is 3. The van der Waals surface area contributed by atoms with E-state index in [-0.39, 0.29) is 42.4 Å². The lowest BCUT2D eigenvalue weighted by atomic mass is 10.0. The molecule has 2 aliphatic rings. The van der Waals surface area contributed by atoms with Crippen molar-refractivity contribution in [1.82, 2.24) is 25.8 Å². The van der Waals surface area contributed by atoms with Gasteiger partial charge < -0.3 is 31.0 Å². The normalized spacial score (nSPS) is 17.4. The summed E-state index contributed by atoms with van der Waals surface area (Å²) < 4.78 is 43.4. The number of carbonyl (C=O) groups excluding carboxylic acids is 3. The van der Waals surface area contributed by atoms with Gasteiger partial charge in [-0.15, -0.1) is 0 Å². The lowest BCUT2D eigenvalue weighted by molar-refractivity contribution is -0.141. The van der Waals surface area contributed by atoms with Crippen molar-refractivity contribution in [2.45, 2.75) is 25.1 Å². The molecule has 1 saturated heterocycles. The molecule has 13 heteroatoms. The summed E-state index contributed by atoms with van der Waals surface area (Å²) in [6, 6.07) is 3.02. The molecule has 1 aliphatic heterocycles. The van der Waals surface area contributed by atoms with E-state index >= 15 is 0 Å². The van der Waals surface area contributed by atoms with Crippen LogP contribution in [0.5, 0.6) is 0 Å². The van der Waals surface area contributed by atoms with Gasteiger partial charge in [0, 0.05) is 43.7 Å². The Morgan fingerprint density at radius 1 is 1.22 bits per heavy atom. The van der Waals surface area contributed by atoms with Crippen LogP contribution in [0.1, 0.15) is 29.0 Å². The van der Waals surface area contributed by atoms with Crippen LogP contribution in [-0.4, -0.2) is 72.7 Å². The third-order valence-corrected chi connectivity index (χ3v) is 5.58. The van der Waals surface area contributed by atoms with Crippen LogP contribution in [0.2, 0.25) is 0 Å². The Morgan fingerprint density at radius 2 is 1.95 bits per heavy atom. The molecule has 4 N–H and O–H groups in total. The molecule has 0 atom stereocenters. The van der Waals surface area contributed by atoms with Crippen LogP contribution in [-0.2, 0) is 20.5 Å². The second-order valence-corrected chi connectivity index (χ2v) is 8.34. The average Bonchev–Trinajstić information content (AvgIpc) is 2.86. The number of rotatable bonds is 8.